The number of nitrogens with one attached hydrogen (secondary N) is 1. The summed E-state index contributed by atoms with van der Waals surface area (Å²) in [6.45, 7) is 6.49. The summed E-state index contributed by atoms with van der Waals surface area (Å²) in [6, 6.07) is 0. The average Bonchev–Trinajstić information content (AvgIpc) is 2.97. The van der Waals surface area contributed by atoms with E-state index < -0.39 is 0 Å². The van der Waals surface area contributed by atoms with Crippen LogP contribution in [0.1, 0.15) is 32.6 Å². The van der Waals surface area contributed by atoms with Crippen LogP contribution in [0, 0.1) is 0 Å². The maximum Gasteiger partial charge on any atom is 0.233 e. The molecule has 0 radical (unpaired) electrons. The summed E-state index contributed by atoms with van der Waals surface area (Å²) in [4.78, 5) is 14.1. The summed E-state index contributed by atoms with van der Waals surface area (Å²) >= 11 is 1.43. The number of thioether (sulfide) groups is 1. The van der Waals surface area contributed by atoms with Gasteiger partial charge in [-0.2, -0.15) is 0 Å². The zero-order chi connectivity index (χ0) is 14.9. The smallest absolute Gasteiger partial charge is 0.233 e. The molecule has 118 valence electrons. The highest BCUT2D eigenvalue weighted by atomic mass is 32.2. The predicted molar refractivity (Wildman–Crippen MR) is 82.1 cm³/mol. The van der Waals surface area contributed by atoms with E-state index in [9.17, 15) is 4.79 Å². The molecule has 0 unspecified atom stereocenters. The first-order valence-electron chi connectivity index (χ1n) is 7.68. The van der Waals surface area contributed by atoms with Crippen LogP contribution in [0.4, 0.5) is 0 Å². The number of hydrogen-bond donors (Lipinski definition) is 1. The lowest BCUT2D eigenvalue weighted by molar-refractivity contribution is -0.129. The molecule has 1 aromatic heterocycles. The van der Waals surface area contributed by atoms with Gasteiger partial charge < -0.3 is 10.2 Å². The molecule has 1 N–H and O–H groups in total. The van der Waals surface area contributed by atoms with Crippen molar-refractivity contribution >= 4 is 17.7 Å². The van der Waals surface area contributed by atoms with Crippen LogP contribution in [-0.4, -0.2) is 62.9 Å². The van der Waals surface area contributed by atoms with Crippen molar-refractivity contribution in [3.05, 3.63) is 0 Å². The highest BCUT2D eigenvalue weighted by molar-refractivity contribution is 7.99. The zero-order valence-corrected chi connectivity index (χ0v) is 13.4. The second-order valence-corrected chi connectivity index (χ2v) is 6.11. The molecule has 1 aromatic rings. The molecule has 1 aliphatic heterocycles. The van der Waals surface area contributed by atoms with Crippen LogP contribution in [0.3, 0.4) is 0 Å². The standard InChI is InChI=1S/C13H24N6OS/c1-2-6-14-7-10-19-13(15-16-17-19)21-11-12(20)18-8-4-3-5-9-18/h14H,2-11H2,1H3. The third kappa shape index (κ3) is 5.28. The van der Waals surface area contributed by atoms with Gasteiger partial charge in [0.1, 0.15) is 0 Å². The van der Waals surface area contributed by atoms with Crippen molar-refractivity contribution < 1.29 is 4.79 Å². The Morgan fingerprint density at radius 1 is 1.29 bits per heavy atom. The van der Waals surface area contributed by atoms with Crippen LogP contribution in [0.2, 0.25) is 0 Å². The minimum absolute atomic E-state index is 0.193. The Kier molecular flexibility index (Phi) is 6.94. The lowest BCUT2D eigenvalue weighted by Crippen LogP contribution is -2.36. The summed E-state index contributed by atoms with van der Waals surface area (Å²) in [5.41, 5.74) is 0. The number of aromatic nitrogens is 4. The van der Waals surface area contributed by atoms with E-state index in [1.165, 1.54) is 18.2 Å². The first-order chi connectivity index (χ1) is 10.3. The summed E-state index contributed by atoms with van der Waals surface area (Å²) in [6.07, 6.45) is 4.59. The number of carbonyl (C=O) groups is 1. The third-order valence-electron chi connectivity index (χ3n) is 3.46. The largest absolute Gasteiger partial charge is 0.342 e. The fourth-order valence-electron chi connectivity index (χ4n) is 2.29. The molecule has 0 saturated carbocycles. The van der Waals surface area contributed by atoms with Crippen LogP contribution < -0.4 is 5.32 Å². The molecular formula is C13H24N6OS. The summed E-state index contributed by atoms with van der Waals surface area (Å²) < 4.78 is 1.76. The van der Waals surface area contributed by atoms with Gasteiger partial charge in [-0.1, -0.05) is 18.7 Å². The monoisotopic (exact) mass is 312 g/mol. The minimum Gasteiger partial charge on any atom is -0.342 e. The number of tetrazole rings is 1. The average molecular weight is 312 g/mol. The molecule has 1 fully saturated rings. The Morgan fingerprint density at radius 3 is 2.86 bits per heavy atom. The van der Waals surface area contributed by atoms with Gasteiger partial charge in [0, 0.05) is 19.6 Å². The number of likely N-dealkylation sites (tertiary alicyclic amines) is 1. The maximum absolute atomic E-state index is 12.1. The van der Waals surface area contributed by atoms with E-state index in [2.05, 4.69) is 27.8 Å². The minimum atomic E-state index is 0.193. The fourth-order valence-corrected chi connectivity index (χ4v) is 3.09. The summed E-state index contributed by atoms with van der Waals surface area (Å²) in [7, 11) is 0. The molecule has 21 heavy (non-hydrogen) atoms. The number of carbonyl (C=O) groups excluding carboxylic acids is 1. The Labute approximate surface area is 129 Å². The van der Waals surface area contributed by atoms with E-state index in [-0.39, 0.29) is 5.91 Å². The molecule has 2 rings (SSSR count). The second-order valence-electron chi connectivity index (χ2n) is 5.16. The van der Waals surface area contributed by atoms with Crippen molar-refractivity contribution in [1.82, 2.24) is 30.4 Å². The van der Waals surface area contributed by atoms with Crippen molar-refractivity contribution in [3.8, 4) is 0 Å². The Balaban J connectivity index is 1.74. The number of piperidine rings is 1. The Bertz CT molecular complexity index is 432. The van der Waals surface area contributed by atoms with E-state index in [1.54, 1.807) is 4.68 Å². The lowest BCUT2D eigenvalue weighted by Gasteiger charge is -2.26. The molecule has 1 saturated heterocycles. The van der Waals surface area contributed by atoms with Gasteiger partial charge in [0.05, 0.1) is 12.3 Å². The molecule has 2 heterocycles. The maximum atomic E-state index is 12.1. The molecule has 0 atom stereocenters. The van der Waals surface area contributed by atoms with Crippen LogP contribution >= 0.6 is 11.8 Å². The van der Waals surface area contributed by atoms with Crippen LogP contribution in [0.15, 0.2) is 5.16 Å². The highest BCUT2D eigenvalue weighted by Crippen LogP contribution is 2.16. The molecule has 0 aromatic carbocycles. The first-order valence-corrected chi connectivity index (χ1v) is 8.67. The number of rotatable bonds is 8. The molecule has 0 aliphatic carbocycles. The number of amides is 1. The fraction of sp³-hybridized carbons (Fsp3) is 0.846. The van der Waals surface area contributed by atoms with Gasteiger partial charge in [0.25, 0.3) is 0 Å². The van der Waals surface area contributed by atoms with Crippen molar-refractivity contribution in [3.63, 3.8) is 0 Å². The lowest BCUT2D eigenvalue weighted by atomic mass is 10.1. The Hall–Kier alpha value is -1.15. The van der Waals surface area contributed by atoms with E-state index in [4.69, 9.17) is 0 Å². The molecule has 1 amide bonds. The highest BCUT2D eigenvalue weighted by Gasteiger charge is 2.17. The van der Waals surface area contributed by atoms with Gasteiger partial charge in [-0.3, -0.25) is 4.79 Å². The molecule has 1 aliphatic rings. The molecular weight excluding hydrogens is 288 g/mol. The molecule has 7 nitrogen and oxygen atoms in total. The Morgan fingerprint density at radius 2 is 2.10 bits per heavy atom. The normalized spacial score (nSPS) is 15.4. The van der Waals surface area contributed by atoms with E-state index in [0.29, 0.717) is 5.75 Å². The SMILES string of the molecule is CCCNCCn1nnnc1SCC(=O)N1CCCCC1. The van der Waals surface area contributed by atoms with Gasteiger partial charge in [-0.05, 0) is 42.7 Å². The van der Waals surface area contributed by atoms with Crippen LogP contribution in [-0.2, 0) is 11.3 Å². The molecule has 0 spiro atoms. The van der Waals surface area contributed by atoms with E-state index in [0.717, 1.165) is 57.1 Å². The quantitative estimate of drug-likeness (QED) is 0.565. The van der Waals surface area contributed by atoms with Crippen molar-refractivity contribution in [1.29, 1.82) is 0 Å². The predicted octanol–water partition coefficient (Wildman–Crippen LogP) is 0.777. The van der Waals surface area contributed by atoms with Crippen LogP contribution in [0.25, 0.3) is 0 Å². The number of nitrogens with zero attached hydrogens (tertiary/aromatic N) is 5. The van der Waals surface area contributed by atoms with E-state index in [1.807, 2.05) is 4.90 Å². The van der Waals surface area contributed by atoms with Gasteiger partial charge in [-0.15, -0.1) is 5.10 Å². The molecule has 0 bridgehead atoms. The van der Waals surface area contributed by atoms with Gasteiger partial charge in [0.15, 0.2) is 0 Å². The summed E-state index contributed by atoms with van der Waals surface area (Å²) in [5, 5.41) is 15.7. The van der Waals surface area contributed by atoms with E-state index >= 15 is 0 Å². The molecule has 8 heteroatoms. The van der Waals surface area contributed by atoms with Crippen molar-refractivity contribution in [2.45, 2.75) is 44.3 Å². The van der Waals surface area contributed by atoms with Crippen LogP contribution in [0.5, 0.6) is 0 Å². The number of hydrogen-bond acceptors (Lipinski definition) is 6. The van der Waals surface area contributed by atoms with Gasteiger partial charge in [-0.25, -0.2) is 4.68 Å². The zero-order valence-electron chi connectivity index (χ0n) is 12.6. The summed E-state index contributed by atoms with van der Waals surface area (Å²) in [5.74, 6) is 0.612. The third-order valence-corrected chi connectivity index (χ3v) is 4.40. The second kappa shape index (κ2) is 8.99. The van der Waals surface area contributed by atoms with Crippen molar-refractivity contribution in [2.75, 3.05) is 31.9 Å². The van der Waals surface area contributed by atoms with Crippen molar-refractivity contribution in [2.24, 2.45) is 0 Å². The topological polar surface area (TPSA) is 75.9 Å². The first kappa shape index (κ1) is 16.2. The van der Waals surface area contributed by atoms with Gasteiger partial charge >= 0.3 is 0 Å². The van der Waals surface area contributed by atoms with Gasteiger partial charge in [0.2, 0.25) is 11.1 Å².